The van der Waals surface area contributed by atoms with E-state index < -0.39 is 122 Å². The highest BCUT2D eigenvalue weighted by atomic mass is 16.8. The number of benzene rings is 1. The minimum atomic E-state index is -1.78. The number of esters is 5. The van der Waals surface area contributed by atoms with Crippen LogP contribution in [0.1, 0.15) is 58.8 Å². The van der Waals surface area contributed by atoms with E-state index >= 15 is 0 Å². The summed E-state index contributed by atoms with van der Waals surface area (Å²) >= 11 is 0. The molecule has 3 fully saturated rings. The molecule has 18 heteroatoms. The number of ether oxygens (including phenoxy) is 10. The van der Waals surface area contributed by atoms with Crippen LogP contribution in [0.4, 0.5) is 0 Å². The quantitative estimate of drug-likeness (QED) is 0.206. The van der Waals surface area contributed by atoms with Gasteiger partial charge in [-0.2, -0.15) is 0 Å². The lowest BCUT2D eigenvalue weighted by Crippen LogP contribution is -2.67. The first-order valence-electron chi connectivity index (χ1n) is 16.2. The maximum atomic E-state index is 13.4. The summed E-state index contributed by atoms with van der Waals surface area (Å²) in [6, 6.07) is 7.89. The van der Waals surface area contributed by atoms with Crippen molar-refractivity contribution in [1.82, 2.24) is 0 Å². The van der Waals surface area contributed by atoms with Crippen LogP contribution in [0.2, 0.25) is 0 Å². The second-order valence-corrected chi connectivity index (χ2v) is 12.4. The van der Waals surface area contributed by atoms with Gasteiger partial charge in [0.05, 0.1) is 23.9 Å². The average molecular weight is 729 g/mol. The largest absolute Gasteiger partial charge is 0.456 e. The van der Waals surface area contributed by atoms with Crippen molar-refractivity contribution in [1.29, 1.82) is 0 Å². The minimum absolute atomic E-state index is 0.147. The summed E-state index contributed by atoms with van der Waals surface area (Å²) in [5.74, 6) is -4.14. The monoisotopic (exact) mass is 728 g/mol. The van der Waals surface area contributed by atoms with E-state index in [0.717, 1.165) is 27.7 Å². The molecule has 3 N–H and O–H groups in total. The molecule has 0 aliphatic carbocycles. The van der Waals surface area contributed by atoms with Crippen molar-refractivity contribution >= 4 is 29.8 Å². The zero-order chi connectivity index (χ0) is 37.7. The molecule has 0 bridgehead atoms. The molecule has 0 spiro atoms. The Hall–Kier alpha value is -3.75. The number of carbonyl (C=O) groups is 5. The van der Waals surface area contributed by atoms with Crippen LogP contribution in [-0.4, -0.2) is 137 Å². The Labute approximate surface area is 293 Å². The predicted molar refractivity (Wildman–Crippen MR) is 165 cm³/mol. The van der Waals surface area contributed by atoms with E-state index in [9.17, 15) is 39.3 Å². The van der Waals surface area contributed by atoms with Gasteiger partial charge in [0, 0.05) is 27.7 Å². The molecule has 1 aromatic rings. The molecule has 3 aliphatic heterocycles. The molecule has 0 aromatic heterocycles. The van der Waals surface area contributed by atoms with Crippen molar-refractivity contribution in [3.63, 3.8) is 0 Å². The van der Waals surface area contributed by atoms with Gasteiger partial charge in [-0.15, -0.1) is 0 Å². The van der Waals surface area contributed by atoms with E-state index in [-0.39, 0.29) is 5.56 Å². The van der Waals surface area contributed by atoms with Gasteiger partial charge in [0.25, 0.3) is 0 Å². The summed E-state index contributed by atoms with van der Waals surface area (Å²) in [5.41, 5.74) is 0.147. The molecule has 0 radical (unpaired) electrons. The van der Waals surface area contributed by atoms with E-state index in [0.29, 0.717) is 0 Å². The average Bonchev–Trinajstić information content (AvgIpc) is 3.04. The van der Waals surface area contributed by atoms with E-state index in [2.05, 4.69) is 0 Å². The van der Waals surface area contributed by atoms with Crippen LogP contribution in [0.15, 0.2) is 30.3 Å². The van der Waals surface area contributed by atoms with E-state index in [1.807, 2.05) is 0 Å². The normalized spacial score (nSPS) is 38.1. The van der Waals surface area contributed by atoms with Gasteiger partial charge in [-0.3, -0.25) is 19.2 Å². The Balaban J connectivity index is 1.78. The highest BCUT2D eigenvalue weighted by molar-refractivity contribution is 5.89. The highest BCUT2D eigenvalue weighted by Crippen LogP contribution is 2.36. The first-order chi connectivity index (χ1) is 24.0. The molecular formula is C33H44O18. The molecular weight excluding hydrogens is 684 g/mol. The number of aliphatic hydroxyl groups excluding tert-OH is 3. The Kier molecular flexibility index (Phi) is 13.5. The minimum Gasteiger partial charge on any atom is -0.456 e. The zero-order valence-corrected chi connectivity index (χ0v) is 29.0. The lowest BCUT2D eigenvalue weighted by atomic mass is 9.96. The lowest BCUT2D eigenvalue weighted by Gasteiger charge is -2.49. The highest BCUT2D eigenvalue weighted by Gasteiger charge is 2.57. The number of rotatable bonds is 10. The molecule has 1 aromatic carbocycles. The van der Waals surface area contributed by atoms with Crippen molar-refractivity contribution < 1.29 is 86.7 Å². The van der Waals surface area contributed by atoms with Crippen LogP contribution >= 0.6 is 0 Å². The van der Waals surface area contributed by atoms with Gasteiger partial charge in [-0.1, -0.05) is 18.2 Å². The molecule has 284 valence electrons. The molecule has 15 atom stereocenters. The SMILES string of the molecule is CC(=O)O[C@@H]1[C@@H](OC(C)=O)[C@H](C)O[C@@H](O[C@@H]2[C@@H](OC(=O)c3ccccc3)[C@H](C)O[C@H](O[C@@H]3[C@@H](O)[C@@H](O)[C@H](O)O[C@H]3C)[C@@H]2OC(C)=O)[C@@H]1OC(C)=O. The summed E-state index contributed by atoms with van der Waals surface area (Å²) in [5, 5.41) is 31.1. The summed E-state index contributed by atoms with van der Waals surface area (Å²) in [4.78, 5) is 62.6. The number of carbonyl (C=O) groups excluding carboxylic acids is 5. The zero-order valence-electron chi connectivity index (χ0n) is 29.0. The van der Waals surface area contributed by atoms with Crippen LogP contribution in [0.3, 0.4) is 0 Å². The van der Waals surface area contributed by atoms with Crippen LogP contribution in [0.25, 0.3) is 0 Å². The third-order valence-corrected chi connectivity index (χ3v) is 8.29. The number of hydrogen-bond acceptors (Lipinski definition) is 18. The van der Waals surface area contributed by atoms with E-state index in [1.165, 1.54) is 32.9 Å². The number of aliphatic hydroxyl groups is 3. The lowest BCUT2D eigenvalue weighted by molar-refractivity contribution is -0.372. The third-order valence-electron chi connectivity index (χ3n) is 8.29. The van der Waals surface area contributed by atoms with Crippen LogP contribution in [0, 0.1) is 0 Å². The molecule has 3 aliphatic rings. The first-order valence-corrected chi connectivity index (χ1v) is 16.2. The maximum Gasteiger partial charge on any atom is 0.338 e. The standard InChI is InChI=1S/C33H44O18/c1-13-23(21(38)22(39)31(41)42-13)50-32-29(48-19(7)37)27(25(15(3)44-32)49-30(40)20-11-9-8-10-12-20)51-33-28(47-18(6)36)26(46-17(5)35)24(14(2)43-33)45-16(4)34/h8-15,21-29,31-33,38-39,41H,1-7H3/t13-,14-,15-,21-,22+,23-,24-,25-,26+,27+,28+,29+,31+,32+,33-/m0/s1. The molecule has 18 nitrogen and oxygen atoms in total. The molecule has 3 heterocycles. The molecule has 4 rings (SSSR count). The second-order valence-electron chi connectivity index (χ2n) is 12.4. The second kappa shape index (κ2) is 17.2. The van der Waals surface area contributed by atoms with Gasteiger partial charge in [-0.25, -0.2) is 4.79 Å². The Morgan fingerprint density at radius 3 is 1.43 bits per heavy atom. The van der Waals surface area contributed by atoms with Gasteiger partial charge >= 0.3 is 29.8 Å². The van der Waals surface area contributed by atoms with Gasteiger partial charge in [-0.05, 0) is 32.9 Å². The van der Waals surface area contributed by atoms with Crippen LogP contribution < -0.4 is 0 Å². The molecule has 0 saturated carbocycles. The van der Waals surface area contributed by atoms with Gasteiger partial charge in [0.1, 0.15) is 24.4 Å². The summed E-state index contributed by atoms with van der Waals surface area (Å²) in [7, 11) is 0. The van der Waals surface area contributed by atoms with Crippen molar-refractivity contribution in [3.8, 4) is 0 Å². The van der Waals surface area contributed by atoms with E-state index in [1.54, 1.807) is 18.2 Å². The van der Waals surface area contributed by atoms with Crippen molar-refractivity contribution in [3.05, 3.63) is 35.9 Å². The van der Waals surface area contributed by atoms with E-state index in [4.69, 9.17) is 47.4 Å². The van der Waals surface area contributed by atoms with Gasteiger partial charge in [0.15, 0.2) is 49.4 Å². The third kappa shape index (κ3) is 9.78. The number of hydrogen-bond donors (Lipinski definition) is 3. The van der Waals surface area contributed by atoms with Crippen LogP contribution in [0.5, 0.6) is 0 Å². The van der Waals surface area contributed by atoms with Gasteiger partial charge < -0.3 is 62.7 Å². The summed E-state index contributed by atoms with van der Waals surface area (Å²) < 4.78 is 57.7. The molecule has 0 amide bonds. The first kappa shape index (κ1) is 40.0. The summed E-state index contributed by atoms with van der Waals surface area (Å²) in [6.07, 6.45) is -22.0. The molecule has 0 unspecified atom stereocenters. The fourth-order valence-corrected chi connectivity index (χ4v) is 6.08. The predicted octanol–water partition coefficient (Wildman–Crippen LogP) is -0.342. The molecule has 3 saturated heterocycles. The smallest absolute Gasteiger partial charge is 0.338 e. The van der Waals surface area contributed by atoms with Gasteiger partial charge in [0.2, 0.25) is 0 Å². The van der Waals surface area contributed by atoms with Crippen molar-refractivity contribution in [2.24, 2.45) is 0 Å². The topological polar surface area (TPSA) is 238 Å². The maximum absolute atomic E-state index is 13.4. The molecule has 51 heavy (non-hydrogen) atoms. The van der Waals surface area contributed by atoms with Crippen molar-refractivity contribution in [2.75, 3.05) is 0 Å². The van der Waals surface area contributed by atoms with Crippen LogP contribution in [-0.2, 0) is 66.5 Å². The fraction of sp³-hybridized carbons (Fsp3) is 0.667. The Morgan fingerprint density at radius 1 is 0.510 bits per heavy atom. The van der Waals surface area contributed by atoms with Crippen molar-refractivity contribution in [2.45, 2.75) is 141 Å². The Morgan fingerprint density at radius 2 is 0.922 bits per heavy atom. The Bertz CT molecular complexity index is 1390. The fourth-order valence-electron chi connectivity index (χ4n) is 6.08. The summed E-state index contributed by atoms with van der Waals surface area (Å²) in [6.45, 7) is 8.76.